The number of imide groups is 1. The average Bonchev–Trinajstić information content (AvgIpc) is 2.97. The Hall–Kier alpha value is -2.61. The van der Waals surface area contributed by atoms with E-state index in [-0.39, 0.29) is 18.9 Å². The van der Waals surface area contributed by atoms with Crippen molar-refractivity contribution in [3.05, 3.63) is 34.9 Å². The largest absolute Gasteiger partial charge is 0.453 e. The Kier molecular flexibility index (Phi) is 6.57. The second kappa shape index (κ2) is 8.66. The van der Waals surface area contributed by atoms with Crippen LogP contribution in [0.4, 0.5) is 4.79 Å². The molecular weight excluding hydrogens is 364 g/mol. The van der Waals surface area contributed by atoms with E-state index < -0.39 is 30.0 Å². The number of alkyl carbamates (subject to hydrolysis) is 1. The van der Waals surface area contributed by atoms with Gasteiger partial charge < -0.3 is 14.4 Å². The molecule has 26 heavy (non-hydrogen) atoms. The second-order valence-corrected chi connectivity index (χ2v) is 6.23. The van der Waals surface area contributed by atoms with Crippen LogP contribution in [0.2, 0.25) is 5.02 Å². The third-order valence-electron chi connectivity index (χ3n) is 3.94. The lowest BCUT2D eigenvalue weighted by Crippen LogP contribution is -2.40. The number of methoxy groups -OCH3 is 1. The molecule has 0 spiro atoms. The van der Waals surface area contributed by atoms with E-state index in [0.29, 0.717) is 11.6 Å². The molecule has 0 saturated carbocycles. The van der Waals surface area contributed by atoms with E-state index in [9.17, 15) is 19.2 Å². The number of likely N-dealkylation sites (tertiary alicyclic amines) is 1. The Morgan fingerprint density at radius 1 is 1.35 bits per heavy atom. The Balaban J connectivity index is 1.91. The van der Waals surface area contributed by atoms with Crippen molar-refractivity contribution in [1.82, 2.24) is 10.2 Å². The van der Waals surface area contributed by atoms with Gasteiger partial charge in [-0.1, -0.05) is 29.8 Å². The molecule has 1 fully saturated rings. The summed E-state index contributed by atoms with van der Waals surface area (Å²) in [5, 5.41) is 2.45. The van der Waals surface area contributed by atoms with Gasteiger partial charge in [-0.2, -0.15) is 0 Å². The second-order valence-electron chi connectivity index (χ2n) is 5.83. The van der Waals surface area contributed by atoms with Crippen molar-refractivity contribution in [3.63, 3.8) is 0 Å². The van der Waals surface area contributed by atoms with Gasteiger partial charge in [-0.3, -0.25) is 19.7 Å². The molecule has 1 aliphatic rings. The van der Waals surface area contributed by atoms with Crippen molar-refractivity contribution in [3.8, 4) is 0 Å². The van der Waals surface area contributed by atoms with Crippen LogP contribution in [-0.4, -0.2) is 48.5 Å². The molecule has 0 bridgehead atoms. The summed E-state index contributed by atoms with van der Waals surface area (Å²) in [4.78, 5) is 48.6. The van der Waals surface area contributed by atoms with Crippen LogP contribution < -0.4 is 5.32 Å². The number of nitrogens with one attached hydrogen (secondary N) is 1. The minimum absolute atomic E-state index is 0.00533. The molecule has 1 aliphatic heterocycles. The molecule has 140 valence electrons. The highest BCUT2D eigenvalue weighted by Gasteiger charge is 2.36. The molecule has 9 heteroatoms. The van der Waals surface area contributed by atoms with Gasteiger partial charge in [-0.15, -0.1) is 0 Å². The van der Waals surface area contributed by atoms with Crippen LogP contribution in [0.3, 0.4) is 0 Å². The van der Waals surface area contributed by atoms with Crippen molar-refractivity contribution in [2.75, 3.05) is 13.7 Å². The van der Waals surface area contributed by atoms with Gasteiger partial charge in [0, 0.05) is 24.5 Å². The number of rotatable bonds is 5. The molecular formula is C17H19ClN2O6. The van der Waals surface area contributed by atoms with Crippen LogP contribution in [0, 0.1) is 5.92 Å². The molecule has 0 aromatic heterocycles. The number of ether oxygens (including phenoxy) is 2. The highest BCUT2D eigenvalue weighted by Crippen LogP contribution is 2.24. The molecule has 2 rings (SSSR count). The third-order valence-corrected chi connectivity index (χ3v) is 4.31. The Bertz CT molecular complexity index is 723. The first-order valence-electron chi connectivity index (χ1n) is 7.92. The normalized spacial score (nSPS) is 17.6. The van der Waals surface area contributed by atoms with Gasteiger partial charge in [0.1, 0.15) is 0 Å². The minimum atomic E-state index is -1.19. The van der Waals surface area contributed by atoms with Gasteiger partial charge in [0.25, 0.3) is 5.91 Å². The summed E-state index contributed by atoms with van der Waals surface area (Å²) in [7, 11) is 1.11. The number of nitrogens with zero attached hydrogens (tertiary/aromatic N) is 1. The molecule has 0 radical (unpaired) electrons. The van der Waals surface area contributed by atoms with Gasteiger partial charge in [0.15, 0.2) is 6.10 Å². The molecule has 1 saturated heterocycles. The molecule has 8 nitrogen and oxygen atoms in total. The number of esters is 1. The summed E-state index contributed by atoms with van der Waals surface area (Å²) >= 11 is 6.09. The number of carbonyl (C=O) groups is 4. The first kappa shape index (κ1) is 19.7. The molecule has 3 amide bonds. The Morgan fingerprint density at radius 3 is 2.69 bits per heavy atom. The zero-order chi connectivity index (χ0) is 19.3. The standard InChI is InChI=1S/C17H19ClN2O6/c1-10(15(22)19-17(24)25-2)26-16(23)12-7-14(21)20(9-12)8-11-5-3-4-6-13(11)18/h3-6,10,12H,7-9H2,1-2H3,(H,19,22,24)/t10-,12-/m1/s1. The number of benzene rings is 1. The summed E-state index contributed by atoms with van der Waals surface area (Å²) in [6.07, 6.45) is -2.14. The van der Waals surface area contributed by atoms with Gasteiger partial charge in [0.2, 0.25) is 5.91 Å². The van der Waals surface area contributed by atoms with Gasteiger partial charge >= 0.3 is 12.1 Å². The maximum absolute atomic E-state index is 12.2. The van der Waals surface area contributed by atoms with Crippen LogP contribution in [-0.2, 0) is 30.4 Å². The number of carbonyl (C=O) groups excluding carboxylic acids is 4. The van der Waals surface area contributed by atoms with Crippen LogP contribution in [0.25, 0.3) is 0 Å². The quantitative estimate of drug-likeness (QED) is 0.774. The van der Waals surface area contributed by atoms with E-state index in [1.54, 1.807) is 18.2 Å². The molecule has 1 aromatic rings. The zero-order valence-corrected chi connectivity index (χ0v) is 15.1. The maximum atomic E-state index is 12.2. The third kappa shape index (κ3) is 4.95. The van der Waals surface area contributed by atoms with E-state index in [1.165, 1.54) is 11.8 Å². The number of hydrogen-bond donors (Lipinski definition) is 1. The fourth-order valence-corrected chi connectivity index (χ4v) is 2.69. The molecule has 0 unspecified atom stereocenters. The number of halogens is 1. The smallest absolute Gasteiger partial charge is 0.413 e. The lowest BCUT2D eigenvalue weighted by molar-refractivity contribution is -0.158. The van der Waals surface area contributed by atoms with Crippen molar-refractivity contribution in [1.29, 1.82) is 0 Å². The summed E-state index contributed by atoms with van der Waals surface area (Å²) in [5.41, 5.74) is 0.780. The summed E-state index contributed by atoms with van der Waals surface area (Å²) < 4.78 is 9.35. The SMILES string of the molecule is COC(=O)NC(=O)[C@@H](C)OC(=O)[C@@H]1CC(=O)N(Cc2ccccc2Cl)C1. The molecule has 1 N–H and O–H groups in total. The first-order valence-corrected chi connectivity index (χ1v) is 8.30. The lowest BCUT2D eigenvalue weighted by atomic mass is 10.1. The zero-order valence-electron chi connectivity index (χ0n) is 14.4. The Morgan fingerprint density at radius 2 is 2.04 bits per heavy atom. The predicted molar refractivity (Wildman–Crippen MR) is 91.1 cm³/mol. The number of hydrogen-bond acceptors (Lipinski definition) is 6. The summed E-state index contributed by atoms with van der Waals surface area (Å²) in [6, 6.07) is 7.14. The van der Waals surface area contributed by atoms with Gasteiger partial charge in [-0.05, 0) is 18.6 Å². The molecule has 1 aromatic carbocycles. The fourth-order valence-electron chi connectivity index (χ4n) is 2.49. The average molecular weight is 383 g/mol. The number of amides is 3. The molecule has 0 aliphatic carbocycles. The van der Waals surface area contributed by atoms with Crippen LogP contribution >= 0.6 is 11.6 Å². The van der Waals surface area contributed by atoms with E-state index in [4.69, 9.17) is 16.3 Å². The van der Waals surface area contributed by atoms with Crippen molar-refractivity contribution >= 4 is 35.5 Å². The van der Waals surface area contributed by atoms with Crippen LogP contribution in [0.5, 0.6) is 0 Å². The highest BCUT2D eigenvalue weighted by atomic mass is 35.5. The predicted octanol–water partition coefficient (Wildman–Crippen LogP) is 1.50. The van der Waals surface area contributed by atoms with Crippen LogP contribution in [0.15, 0.2) is 24.3 Å². The van der Waals surface area contributed by atoms with Crippen molar-refractivity contribution in [2.45, 2.75) is 26.0 Å². The van der Waals surface area contributed by atoms with E-state index in [1.807, 2.05) is 11.4 Å². The van der Waals surface area contributed by atoms with Gasteiger partial charge in [-0.25, -0.2) is 4.79 Å². The van der Waals surface area contributed by atoms with Crippen molar-refractivity contribution < 1.29 is 28.7 Å². The summed E-state index contributed by atoms with van der Waals surface area (Å²) in [5.74, 6) is -2.35. The molecule has 2 atom stereocenters. The van der Waals surface area contributed by atoms with E-state index in [2.05, 4.69) is 4.74 Å². The van der Waals surface area contributed by atoms with Gasteiger partial charge in [0.05, 0.1) is 13.0 Å². The van der Waals surface area contributed by atoms with Crippen molar-refractivity contribution in [2.24, 2.45) is 5.92 Å². The summed E-state index contributed by atoms with van der Waals surface area (Å²) in [6.45, 7) is 1.79. The molecule has 1 heterocycles. The fraction of sp³-hybridized carbons (Fsp3) is 0.412. The topological polar surface area (TPSA) is 102 Å². The van der Waals surface area contributed by atoms with E-state index >= 15 is 0 Å². The minimum Gasteiger partial charge on any atom is -0.453 e. The van der Waals surface area contributed by atoms with E-state index in [0.717, 1.165) is 12.7 Å². The maximum Gasteiger partial charge on any atom is 0.413 e. The highest BCUT2D eigenvalue weighted by molar-refractivity contribution is 6.31. The Labute approximate surface area is 155 Å². The lowest BCUT2D eigenvalue weighted by Gasteiger charge is -2.18. The first-order chi connectivity index (χ1) is 12.3. The monoisotopic (exact) mass is 382 g/mol. The van der Waals surface area contributed by atoms with Crippen LogP contribution in [0.1, 0.15) is 18.9 Å².